The van der Waals surface area contributed by atoms with Crippen molar-refractivity contribution in [2.75, 3.05) is 40.3 Å². The maximum Gasteiger partial charge on any atom is 0.160 e. The lowest BCUT2D eigenvalue weighted by Crippen LogP contribution is -2.32. The second-order valence-electron chi connectivity index (χ2n) is 7.42. The van der Waals surface area contributed by atoms with Crippen LogP contribution in [-0.2, 0) is 6.54 Å². The highest BCUT2D eigenvalue weighted by Gasteiger charge is 2.28. The Balaban J connectivity index is 1.65. The number of fused-ring (bicyclic) bond motifs is 1. The smallest absolute Gasteiger partial charge is 0.160 e. The Morgan fingerprint density at radius 3 is 2.61 bits per heavy atom. The molecule has 2 aliphatic rings. The van der Waals surface area contributed by atoms with Gasteiger partial charge in [-0.05, 0) is 71.0 Å². The fraction of sp³-hybridized carbons (Fsp3) is 0.667. The number of imidazole rings is 1. The van der Waals surface area contributed by atoms with Crippen LogP contribution in [0.25, 0.3) is 11.2 Å². The highest BCUT2D eigenvalue weighted by Crippen LogP contribution is 2.30. The van der Waals surface area contributed by atoms with Gasteiger partial charge in [0.2, 0.25) is 0 Å². The van der Waals surface area contributed by atoms with Crippen LogP contribution in [0.2, 0.25) is 0 Å². The number of piperidine rings is 1. The van der Waals surface area contributed by atoms with E-state index in [2.05, 4.69) is 39.5 Å². The van der Waals surface area contributed by atoms with Crippen LogP contribution in [0.5, 0.6) is 0 Å². The second-order valence-corrected chi connectivity index (χ2v) is 7.42. The lowest BCUT2D eigenvalue weighted by Gasteiger charge is -2.29. The van der Waals surface area contributed by atoms with Crippen molar-refractivity contribution in [2.45, 2.75) is 31.7 Å². The van der Waals surface area contributed by atoms with Crippen LogP contribution in [0.15, 0.2) is 18.3 Å². The first-order valence-corrected chi connectivity index (χ1v) is 8.89. The van der Waals surface area contributed by atoms with Crippen molar-refractivity contribution in [1.29, 1.82) is 0 Å². The molecule has 23 heavy (non-hydrogen) atoms. The standard InChI is InChI=1S/C18H27N5/c1-21-9-5-14(6-10-21)12-23-17(15-7-11-22(2)13-15)20-16-4-3-8-19-18(16)23/h3-4,8,14-15H,5-7,9-13H2,1-2H3. The normalized spacial score (nSPS) is 24.7. The number of likely N-dealkylation sites (N-methyl/N-ethyl adjacent to an activating group) is 1. The summed E-state index contributed by atoms with van der Waals surface area (Å²) in [6.45, 7) is 5.81. The minimum Gasteiger partial charge on any atom is -0.312 e. The number of rotatable bonds is 3. The Labute approximate surface area is 138 Å². The number of hydrogen-bond donors (Lipinski definition) is 0. The molecule has 5 heteroatoms. The first-order chi connectivity index (χ1) is 11.2. The van der Waals surface area contributed by atoms with Gasteiger partial charge in [-0.15, -0.1) is 0 Å². The number of likely N-dealkylation sites (tertiary alicyclic amines) is 2. The zero-order valence-corrected chi connectivity index (χ0v) is 14.3. The molecule has 2 saturated heterocycles. The molecule has 4 heterocycles. The third kappa shape index (κ3) is 3.00. The summed E-state index contributed by atoms with van der Waals surface area (Å²) in [7, 11) is 4.44. The van der Waals surface area contributed by atoms with Gasteiger partial charge in [0.05, 0.1) is 0 Å². The van der Waals surface area contributed by atoms with E-state index in [0.717, 1.165) is 30.2 Å². The second kappa shape index (κ2) is 6.21. The Bertz CT molecular complexity index is 671. The summed E-state index contributed by atoms with van der Waals surface area (Å²) in [6.07, 6.45) is 5.69. The van der Waals surface area contributed by atoms with E-state index in [1.165, 1.54) is 44.7 Å². The molecule has 124 valence electrons. The third-order valence-corrected chi connectivity index (χ3v) is 5.57. The van der Waals surface area contributed by atoms with Crippen LogP contribution in [0, 0.1) is 5.92 Å². The molecular weight excluding hydrogens is 286 g/mol. The molecule has 0 spiro atoms. The summed E-state index contributed by atoms with van der Waals surface area (Å²) in [6, 6.07) is 4.11. The van der Waals surface area contributed by atoms with Gasteiger partial charge < -0.3 is 14.4 Å². The van der Waals surface area contributed by atoms with Crippen molar-refractivity contribution in [3.8, 4) is 0 Å². The van der Waals surface area contributed by atoms with Crippen molar-refractivity contribution in [1.82, 2.24) is 24.3 Å². The molecule has 0 amide bonds. The first-order valence-electron chi connectivity index (χ1n) is 8.89. The van der Waals surface area contributed by atoms with Crippen molar-refractivity contribution in [3.63, 3.8) is 0 Å². The highest BCUT2D eigenvalue weighted by atomic mass is 15.2. The monoisotopic (exact) mass is 313 g/mol. The van der Waals surface area contributed by atoms with Crippen LogP contribution >= 0.6 is 0 Å². The van der Waals surface area contributed by atoms with Crippen molar-refractivity contribution in [2.24, 2.45) is 5.92 Å². The van der Waals surface area contributed by atoms with E-state index in [9.17, 15) is 0 Å². The minimum absolute atomic E-state index is 0.556. The van der Waals surface area contributed by atoms with E-state index >= 15 is 0 Å². The predicted molar refractivity (Wildman–Crippen MR) is 92.6 cm³/mol. The van der Waals surface area contributed by atoms with E-state index in [-0.39, 0.29) is 0 Å². The quantitative estimate of drug-likeness (QED) is 0.870. The van der Waals surface area contributed by atoms with E-state index < -0.39 is 0 Å². The fourth-order valence-electron chi connectivity index (χ4n) is 4.12. The average Bonchev–Trinajstić information content (AvgIpc) is 3.14. The molecule has 1 unspecified atom stereocenters. The molecule has 2 aliphatic heterocycles. The minimum atomic E-state index is 0.556. The van der Waals surface area contributed by atoms with E-state index in [0.29, 0.717) is 5.92 Å². The summed E-state index contributed by atoms with van der Waals surface area (Å²) in [5.74, 6) is 2.57. The van der Waals surface area contributed by atoms with E-state index in [1.54, 1.807) is 0 Å². The Kier molecular flexibility index (Phi) is 4.07. The van der Waals surface area contributed by atoms with Crippen LogP contribution in [-0.4, -0.2) is 64.6 Å². The van der Waals surface area contributed by atoms with Crippen molar-refractivity contribution < 1.29 is 0 Å². The average molecular weight is 313 g/mol. The molecule has 4 rings (SSSR count). The molecule has 5 nitrogen and oxygen atoms in total. The molecule has 1 atom stereocenters. The van der Waals surface area contributed by atoms with Gasteiger partial charge in [-0.25, -0.2) is 9.97 Å². The van der Waals surface area contributed by atoms with Gasteiger partial charge in [0.25, 0.3) is 0 Å². The molecule has 0 radical (unpaired) electrons. The van der Waals surface area contributed by atoms with Gasteiger partial charge in [0, 0.05) is 25.2 Å². The number of hydrogen-bond acceptors (Lipinski definition) is 4. The van der Waals surface area contributed by atoms with Gasteiger partial charge in [-0.1, -0.05) is 0 Å². The SMILES string of the molecule is CN1CCC(Cn2c(C3CCN(C)C3)nc3cccnc32)CC1. The van der Waals surface area contributed by atoms with Gasteiger partial charge >= 0.3 is 0 Å². The van der Waals surface area contributed by atoms with Crippen LogP contribution in [0.1, 0.15) is 31.0 Å². The van der Waals surface area contributed by atoms with Crippen LogP contribution in [0.4, 0.5) is 0 Å². The molecule has 0 aliphatic carbocycles. The van der Waals surface area contributed by atoms with Crippen LogP contribution < -0.4 is 0 Å². The lowest BCUT2D eigenvalue weighted by atomic mass is 9.96. The van der Waals surface area contributed by atoms with Crippen LogP contribution in [0.3, 0.4) is 0 Å². The van der Waals surface area contributed by atoms with E-state index in [4.69, 9.17) is 4.98 Å². The van der Waals surface area contributed by atoms with Gasteiger partial charge in [0.1, 0.15) is 11.3 Å². The Morgan fingerprint density at radius 2 is 1.87 bits per heavy atom. The molecular formula is C18H27N5. The number of pyridine rings is 1. The molecule has 0 aromatic carbocycles. The van der Waals surface area contributed by atoms with Gasteiger partial charge in [0.15, 0.2) is 5.65 Å². The molecule has 2 aromatic rings. The highest BCUT2D eigenvalue weighted by molar-refractivity contribution is 5.71. The molecule has 0 bridgehead atoms. The number of aromatic nitrogens is 3. The first kappa shape index (κ1) is 15.1. The zero-order chi connectivity index (χ0) is 15.8. The summed E-state index contributed by atoms with van der Waals surface area (Å²) in [4.78, 5) is 14.5. The Morgan fingerprint density at radius 1 is 1.09 bits per heavy atom. The Hall–Kier alpha value is -1.46. The van der Waals surface area contributed by atoms with Crippen molar-refractivity contribution >= 4 is 11.2 Å². The molecule has 2 fully saturated rings. The summed E-state index contributed by atoms with van der Waals surface area (Å²) < 4.78 is 2.44. The van der Waals surface area contributed by atoms with Gasteiger partial charge in [-0.2, -0.15) is 0 Å². The lowest BCUT2D eigenvalue weighted by molar-refractivity contribution is 0.204. The number of nitrogens with zero attached hydrogens (tertiary/aromatic N) is 5. The third-order valence-electron chi connectivity index (χ3n) is 5.57. The van der Waals surface area contributed by atoms with Crippen molar-refractivity contribution in [3.05, 3.63) is 24.2 Å². The maximum absolute atomic E-state index is 4.97. The zero-order valence-electron chi connectivity index (χ0n) is 14.3. The maximum atomic E-state index is 4.97. The molecule has 0 saturated carbocycles. The summed E-state index contributed by atoms with van der Waals surface area (Å²) in [5.41, 5.74) is 2.14. The molecule has 0 N–H and O–H groups in total. The summed E-state index contributed by atoms with van der Waals surface area (Å²) >= 11 is 0. The summed E-state index contributed by atoms with van der Waals surface area (Å²) in [5, 5.41) is 0. The largest absolute Gasteiger partial charge is 0.312 e. The van der Waals surface area contributed by atoms with E-state index in [1.807, 2.05) is 12.3 Å². The predicted octanol–water partition coefficient (Wildman–Crippen LogP) is 2.19. The van der Waals surface area contributed by atoms with Gasteiger partial charge in [-0.3, -0.25) is 0 Å². The molecule has 2 aromatic heterocycles. The fourth-order valence-corrected chi connectivity index (χ4v) is 4.12. The topological polar surface area (TPSA) is 37.2 Å².